The molecule has 1 aliphatic heterocycles. The highest BCUT2D eigenvalue weighted by Crippen LogP contribution is 2.44. The minimum atomic E-state index is -4.32. The van der Waals surface area contributed by atoms with Crippen LogP contribution in [0.15, 0.2) is 29.2 Å². The number of benzene rings is 1. The predicted octanol–water partition coefficient (Wildman–Crippen LogP) is 1.94. The molecule has 6 nitrogen and oxygen atoms in total. The van der Waals surface area contributed by atoms with E-state index in [2.05, 4.69) is 5.32 Å². The first-order valence-corrected chi connectivity index (χ1v) is 9.11. The van der Waals surface area contributed by atoms with Crippen LogP contribution in [0.2, 0.25) is 0 Å². The van der Waals surface area contributed by atoms with Gasteiger partial charge in [-0.05, 0) is 45.0 Å². The first-order chi connectivity index (χ1) is 11.3. The molecule has 1 heterocycles. The quantitative estimate of drug-likeness (QED) is 0.836. The Hall–Kier alpha value is -1.65. The fraction of sp³-hybridized carbons (Fsp3) is 0.533. The summed E-state index contributed by atoms with van der Waals surface area (Å²) in [5, 5.41) is 7.52. The van der Waals surface area contributed by atoms with Gasteiger partial charge in [0.1, 0.15) is 0 Å². The molecule has 0 bridgehead atoms. The highest BCUT2D eigenvalue weighted by molar-refractivity contribution is 7.89. The number of nitrogens with one attached hydrogen (secondary N) is 1. The van der Waals surface area contributed by atoms with Gasteiger partial charge in [-0.2, -0.15) is 13.2 Å². The zero-order valence-electron chi connectivity index (χ0n) is 13.8. The maximum Gasteiger partial charge on any atom is 0.393 e. The van der Waals surface area contributed by atoms with Crippen molar-refractivity contribution < 1.29 is 26.4 Å². The molecule has 2 rings (SSSR count). The SMILES string of the molecule is CC1(C)[C@H](C(F)(F)F)CCN1CC(=O)Nc1cccc(S(N)(=O)=O)c1. The lowest BCUT2D eigenvalue weighted by Crippen LogP contribution is -2.49. The van der Waals surface area contributed by atoms with Crippen LogP contribution in [0.25, 0.3) is 0 Å². The van der Waals surface area contributed by atoms with Crippen LogP contribution in [0.4, 0.5) is 18.9 Å². The molecule has 1 saturated heterocycles. The number of hydrogen-bond donors (Lipinski definition) is 2. The Labute approximate surface area is 144 Å². The molecule has 1 aromatic carbocycles. The van der Waals surface area contributed by atoms with Gasteiger partial charge in [0.15, 0.2) is 0 Å². The van der Waals surface area contributed by atoms with Crippen molar-refractivity contribution in [1.82, 2.24) is 4.90 Å². The van der Waals surface area contributed by atoms with Crippen LogP contribution in [0, 0.1) is 5.92 Å². The van der Waals surface area contributed by atoms with E-state index >= 15 is 0 Å². The van der Waals surface area contributed by atoms with Gasteiger partial charge in [0.25, 0.3) is 0 Å². The largest absolute Gasteiger partial charge is 0.393 e. The average Bonchev–Trinajstić information content (AvgIpc) is 2.73. The van der Waals surface area contributed by atoms with Crippen LogP contribution in [0.3, 0.4) is 0 Å². The Kier molecular flexibility index (Phi) is 5.18. The molecule has 1 atom stereocenters. The summed E-state index contributed by atoms with van der Waals surface area (Å²) in [6, 6.07) is 5.36. The number of nitrogens with zero attached hydrogens (tertiary/aromatic N) is 1. The van der Waals surface area contributed by atoms with Crippen LogP contribution in [0.1, 0.15) is 20.3 Å². The van der Waals surface area contributed by atoms with Crippen molar-refractivity contribution in [1.29, 1.82) is 0 Å². The Balaban J connectivity index is 2.07. The number of carbonyl (C=O) groups excluding carboxylic acids is 1. The fourth-order valence-electron chi connectivity index (χ4n) is 3.12. The van der Waals surface area contributed by atoms with Crippen LogP contribution in [-0.2, 0) is 14.8 Å². The molecule has 0 unspecified atom stereocenters. The van der Waals surface area contributed by atoms with Gasteiger partial charge >= 0.3 is 6.18 Å². The molecule has 0 aliphatic carbocycles. The van der Waals surface area contributed by atoms with E-state index < -0.39 is 33.6 Å². The minimum Gasteiger partial charge on any atom is -0.325 e. The second-order valence-corrected chi connectivity index (χ2v) is 8.14. The number of sulfonamides is 1. The third-order valence-corrected chi connectivity index (χ3v) is 5.44. The molecule has 3 N–H and O–H groups in total. The first-order valence-electron chi connectivity index (χ1n) is 7.56. The van der Waals surface area contributed by atoms with Crippen molar-refractivity contribution in [2.45, 2.75) is 36.9 Å². The molecular formula is C15H20F3N3O3S. The Morgan fingerprint density at radius 3 is 2.56 bits per heavy atom. The number of amides is 1. The second-order valence-electron chi connectivity index (χ2n) is 6.58. The lowest BCUT2D eigenvalue weighted by Gasteiger charge is -2.36. The number of hydrogen-bond acceptors (Lipinski definition) is 4. The van der Waals surface area contributed by atoms with E-state index in [0.29, 0.717) is 0 Å². The molecule has 0 saturated carbocycles. The molecular weight excluding hydrogens is 359 g/mol. The van der Waals surface area contributed by atoms with Crippen LogP contribution in [0.5, 0.6) is 0 Å². The van der Waals surface area contributed by atoms with Crippen molar-refractivity contribution in [2.75, 3.05) is 18.4 Å². The Morgan fingerprint density at radius 2 is 2.04 bits per heavy atom. The Bertz CT molecular complexity index is 763. The van der Waals surface area contributed by atoms with E-state index in [1.165, 1.54) is 43.0 Å². The number of carbonyl (C=O) groups is 1. The molecule has 10 heteroatoms. The van der Waals surface area contributed by atoms with E-state index in [9.17, 15) is 26.4 Å². The fourth-order valence-corrected chi connectivity index (χ4v) is 3.68. The lowest BCUT2D eigenvalue weighted by molar-refractivity contribution is -0.191. The number of halogens is 3. The van der Waals surface area contributed by atoms with Gasteiger partial charge in [0.05, 0.1) is 17.4 Å². The van der Waals surface area contributed by atoms with Gasteiger partial charge in [-0.25, -0.2) is 13.6 Å². The third-order valence-electron chi connectivity index (χ3n) is 4.53. The molecule has 140 valence electrons. The molecule has 1 amide bonds. The maximum atomic E-state index is 13.1. The summed E-state index contributed by atoms with van der Waals surface area (Å²) in [6.07, 6.45) is -4.39. The maximum absolute atomic E-state index is 13.1. The summed E-state index contributed by atoms with van der Waals surface area (Å²) < 4.78 is 61.9. The minimum absolute atomic E-state index is 0.0648. The Morgan fingerprint density at radius 1 is 1.40 bits per heavy atom. The van der Waals surface area contributed by atoms with Gasteiger partial charge in [0, 0.05) is 11.2 Å². The normalized spacial score (nSPS) is 21.3. The van der Waals surface area contributed by atoms with Crippen LogP contribution < -0.4 is 10.5 Å². The highest BCUT2D eigenvalue weighted by Gasteiger charge is 2.54. The summed E-state index contributed by atoms with van der Waals surface area (Å²) in [7, 11) is -3.91. The number of rotatable bonds is 4. The summed E-state index contributed by atoms with van der Waals surface area (Å²) in [5.41, 5.74) is -0.987. The van der Waals surface area contributed by atoms with E-state index in [1.807, 2.05) is 0 Å². The van der Waals surface area contributed by atoms with Gasteiger partial charge in [-0.1, -0.05) is 6.07 Å². The molecule has 0 aromatic heterocycles. The molecule has 0 spiro atoms. The molecule has 25 heavy (non-hydrogen) atoms. The lowest BCUT2D eigenvalue weighted by atomic mass is 9.88. The zero-order chi connectivity index (χ0) is 19.0. The summed E-state index contributed by atoms with van der Waals surface area (Å²) >= 11 is 0. The monoisotopic (exact) mass is 379 g/mol. The average molecular weight is 379 g/mol. The summed E-state index contributed by atoms with van der Waals surface area (Å²) in [6.45, 7) is 2.86. The van der Waals surface area contributed by atoms with E-state index in [1.54, 1.807) is 0 Å². The number of primary sulfonamides is 1. The summed E-state index contributed by atoms with van der Waals surface area (Å²) in [5.74, 6) is -2.03. The van der Waals surface area contributed by atoms with Gasteiger partial charge in [-0.3, -0.25) is 9.69 Å². The first kappa shape index (κ1) is 19.7. The van der Waals surface area contributed by atoms with Gasteiger partial charge in [-0.15, -0.1) is 0 Å². The molecule has 1 fully saturated rings. The zero-order valence-corrected chi connectivity index (χ0v) is 14.6. The van der Waals surface area contributed by atoms with Crippen molar-refractivity contribution in [3.8, 4) is 0 Å². The van der Waals surface area contributed by atoms with Crippen LogP contribution in [-0.4, -0.2) is 44.0 Å². The number of likely N-dealkylation sites (tertiary alicyclic amines) is 1. The van der Waals surface area contributed by atoms with Crippen molar-refractivity contribution >= 4 is 21.6 Å². The van der Waals surface area contributed by atoms with Crippen LogP contribution >= 0.6 is 0 Å². The smallest absolute Gasteiger partial charge is 0.325 e. The molecule has 1 aliphatic rings. The van der Waals surface area contributed by atoms with Crippen molar-refractivity contribution in [3.63, 3.8) is 0 Å². The molecule has 0 radical (unpaired) electrons. The van der Waals surface area contributed by atoms with E-state index in [4.69, 9.17) is 5.14 Å². The highest BCUT2D eigenvalue weighted by atomic mass is 32.2. The third kappa shape index (κ3) is 4.50. The number of alkyl halides is 3. The van der Waals surface area contributed by atoms with Crippen molar-refractivity contribution in [2.24, 2.45) is 11.1 Å². The second kappa shape index (κ2) is 6.58. The number of anilines is 1. The standard InChI is InChI=1S/C15H20F3N3O3S/c1-14(2)12(15(16,17)18)6-7-21(14)9-13(22)20-10-4-3-5-11(8-10)25(19,23)24/h3-5,8,12H,6-7,9H2,1-2H3,(H,20,22)(H2,19,23,24)/t12-/m1/s1. The topological polar surface area (TPSA) is 92.5 Å². The number of nitrogens with two attached hydrogens (primary N) is 1. The van der Waals surface area contributed by atoms with Gasteiger partial charge < -0.3 is 5.32 Å². The van der Waals surface area contributed by atoms with E-state index in [0.717, 1.165) is 0 Å². The van der Waals surface area contributed by atoms with Gasteiger partial charge in [0.2, 0.25) is 15.9 Å². The molecule has 1 aromatic rings. The van der Waals surface area contributed by atoms with E-state index in [-0.39, 0.29) is 30.1 Å². The summed E-state index contributed by atoms with van der Waals surface area (Å²) in [4.78, 5) is 13.5. The van der Waals surface area contributed by atoms with Crippen molar-refractivity contribution in [3.05, 3.63) is 24.3 Å². The predicted molar refractivity (Wildman–Crippen MR) is 86.3 cm³/mol.